The molecule has 0 aromatic carbocycles. The zero-order valence-corrected chi connectivity index (χ0v) is 19.1. The molecule has 2 saturated heterocycles. The first-order valence-electron chi connectivity index (χ1n) is 10.7. The summed E-state index contributed by atoms with van der Waals surface area (Å²) < 4.78 is 31.5. The molecule has 11 heteroatoms. The van der Waals surface area contributed by atoms with Crippen LogP contribution in [0.4, 0.5) is 0 Å². The van der Waals surface area contributed by atoms with E-state index in [0.29, 0.717) is 37.9 Å². The van der Waals surface area contributed by atoms with Gasteiger partial charge in [0.1, 0.15) is 12.0 Å². The number of hydrogen-bond acceptors (Lipinski definition) is 7. The van der Waals surface area contributed by atoms with Crippen LogP contribution in [0.3, 0.4) is 0 Å². The molecule has 0 aliphatic carbocycles. The smallest absolute Gasteiger partial charge is 0.220 e. The van der Waals surface area contributed by atoms with Crippen molar-refractivity contribution in [3.8, 4) is 0 Å². The van der Waals surface area contributed by atoms with Gasteiger partial charge in [-0.2, -0.15) is 4.31 Å². The topological polar surface area (TPSA) is 97.5 Å². The highest BCUT2D eigenvalue weighted by atomic mass is 32.2. The SMILES string of the molecule is CCN1CCN(C(C)CNC(=NC)N2CCN(S(=O)(=O)Cc3ccon3)CC2)CC1. The molecule has 1 unspecified atom stereocenters. The van der Waals surface area contributed by atoms with Gasteiger partial charge in [0.2, 0.25) is 10.0 Å². The van der Waals surface area contributed by atoms with Gasteiger partial charge in [0.15, 0.2) is 5.96 Å². The van der Waals surface area contributed by atoms with E-state index in [9.17, 15) is 8.42 Å². The molecule has 1 aromatic rings. The van der Waals surface area contributed by atoms with Crippen molar-refractivity contribution in [3.05, 3.63) is 18.0 Å². The fourth-order valence-electron chi connectivity index (χ4n) is 3.99. The van der Waals surface area contributed by atoms with Crippen molar-refractivity contribution in [1.82, 2.24) is 29.5 Å². The molecule has 170 valence electrons. The minimum Gasteiger partial charge on any atom is -0.364 e. The number of sulfonamides is 1. The Hall–Kier alpha value is -1.69. The van der Waals surface area contributed by atoms with Crippen molar-refractivity contribution in [2.24, 2.45) is 4.99 Å². The van der Waals surface area contributed by atoms with Crippen molar-refractivity contribution in [1.29, 1.82) is 0 Å². The number of nitrogens with zero attached hydrogens (tertiary/aromatic N) is 6. The predicted octanol–water partition coefficient (Wildman–Crippen LogP) is -0.277. The molecule has 30 heavy (non-hydrogen) atoms. The third kappa shape index (κ3) is 5.93. The maximum Gasteiger partial charge on any atom is 0.220 e. The molecule has 0 spiro atoms. The molecular formula is C19H35N7O3S. The standard InChI is InChI=1S/C19H35N7O3S/c1-4-23-6-8-24(9-7-23)17(2)15-21-19(20-3)25-10-12-26(13-11-25)30(27,28)16-18-5-14-29-22-18/h5,14,17H,4,6-13,15-16H2,1-3H3,(H,20,21). The summed E-state index contributed by atoms with van der Waals surface area (Å²) in [6, 6.07) is 2.01. The first kappa shape index (κ1) is 23.0. The van der Waals surface area contributed by atoms with Crippen molar-refractivity contribution in [2.75, 3.05) is 72.5 Å². The highest BCUT2D eigenvalue weighted by molar-refractivity contribution is 7.88. The van der Waals surface area contributed by atoms with Crippen LogP contribution in [0.2, 0.25) is 0 Å². The Kier molecular flexibility index (Phi) is 8.09. The van der Waals surface area contributed by atoms with Crippen LogP contribution in [0.25, 0.3) is 0 Å². The van der Waals surface area contributed by atoms with Crippen LogP contribution in [-0.2, 0) is 15.8 Å². The molecule has 2 aliphatic heterocycles. The van der Waals surface area contributed by atoms with E-state index in [-0.39, 0.29) is 5.75 Å². The number of rotatable bonds is 7. The molecule has 0 radical (unpaired) electrons. The summed E-state index contributed by atoms with van der Waals surface area (Å²) in [5.74, 6) is 0.710. The van der Waals surface area contributed by atoms with Gasteiger partial charge in [-0.05, 0) is 13.5 Å². The summed E-state index contributed by atoms with van der Waals surface area (Å²) in [6.45, 7) is 12.9. The van der Waals surface area contributed by atoms with Crippen LogP contribution in [0.5, 0.6) is 0 Å². The number of nitrogens with one attached hydrogen (secondary N) is 1. The lowest BCUT2D eigenvalue weighted by atomic mass is 10.2. The van der Waals surface area contributed by atoms with E-state index in [1.54, 1.807) is 13.1 Å². The van der Waals surface area contributed by atoms with E-state index < -0.39 is 10.0 Å². The van der Waals surface area contributed by atoms with E-state index >= 15 is 0 Å². The first-order chi connectivity index (χ1) is 14.4. The van der Waals surface area contributed by atoms with E-state index in [0.717, 1.165) is 45.2 Å². The van der Waals surface area contributed by atoms with E-state index in [2.05, 4.69) is 44.0 Å². The second-order valence-corrected chi connectivity index (χ2v) is 9.85. The summed E-state index contributed by atoms with van der Waals surface area (Å²) in [4.78, 5) is 11.5. The van der Waals surface area contributed by atoms with Crippen molar-refractivity contribution in [2.45, 2.75) is 25.6 Å². The summed E-state index contributed by atoms with van der Waals surface area (Å²) in [6.07, 6.45) is 1.39. The molecule has 2 aliphatic rings. The average molecular weight is 442 g/mol. The summed E-state index contributed by atoms with van der Waals surface area (Å²) in [5.41, 5.74) is 0.434. The van der Waals surface area contributed by atoms with E-state index in [1.165, 1.54) is 10.6 Å². The lowest BCUT2D eigenvalue weighted by molar-refractivity contribution is 0.106. The van der Waals surface area contributed by atoms with Crippen molar-refractivity contribution in [3.63, 3.8) is 0 Å². The van der Waals surface area contributed by atoms with Gasteiger partial charge in [-0.15, -0.1) is 0 Å². The number of piperazine rings is 2. The van der Waals surface area contributed by atoms with Crippen molar-refractivity contribution >= 4 is 16.0 Å². The number of likely N-dealkylation sites (N-methyl/N-ethyl adjacent to an activating group) is 1. The molecule has 1 atom stereocenters. The zero-order chi connectivity index (χ0) is 21.6. The van der Waals surface area contributed by atoms with Crippen LogP contribution >= 0.6 is 0 Å². The average Bonchev–Trinajstić information content (AvgIpc) is 3.26. The Morgan fingerprint density at radius 2 is 1.90 bits per heavy atom. The number of aromatic nitrogens is 1. The Balaban J connectivity index is 1.44. The predicted molar refractivity (Wildman–Crippen MR) is 117 cm³/mol. The molecule has 0 saturated carbocycles. The molecule has 3 rings (SSSR count). The summed E-state index contributed by atoms with van der Waals surface area (Å²) in [7, 11) is -1.62. The molecule has 2 fully saturated rings. The molecule has 10 nitrogen and oxygen atoms in total. The van der Waals surface area contributed by atoms with Gasteiger partial charge >= 0.3 is 0 Å². The number of aliphatic imine (C=N–C) groups is 1. The van der Waals surface area contributed by atoms with E-state index in [1.807, 2.05) is 0 Å². The monoisotopic (exact) mass is 441 g/mol. The first-order valence-corrected chi connectivity index (χ1v) is 12.3. The number of hydrogen-bond donors (Lipinski definition) is 1. The highest BCUT2D eigenvalue weighted by Gasteiger charge is 2.29. The van der Waals surface area contributed by atoms with E-state index in [4.69, 9.17) is 4.52 Å². The van der Waals surface area contributed by atoms with Crippen molar-refractivity contribution < 1.29 is 12.9 Å². The quantitative estimate of drug-likeness (QED) is 0.456. The Labute approximate surface area is 179 Å². The van der Waals surface area contributed by atoms with Crippen LogP contribution in [-0.4, -0.2) is 117 Å². The van der Waals surface area contributed by atoms with Crippen LogP contribution in [0.15, 0.2) is 21.8 Å². The Morgan fingerprint density at radius 3 is 2.47 bits per heavy atom. The van der Waals surface area contributed by atoms with Gasteiger partial charge in [0, 0.05) is 78.1 Å². The molecule has 0 amide bonds. The third-order valence-corrected chi connectivity index (χ3v) is 7.81. The van der Waals surface area contributed by atoms with Gasteiger partial charge in [0.05, 0.1) is 5.69 Å². The molecule has 3 heterocycles. The minimum atomic E-state index is -3.40. The van der Waals surface area contributed by atoms with Gasteiger partial charge in [0.25, 0.3) is 0 Å². The van der Waals surface area contributed by atoms with Gasteiger partial charge in [-0.1, -0.05) is 12.1 Å². The van der Waals surface area contributed by atoms with Gasteiger partial charge in [-0.25, -0.2) is 8.42 Å². The maximum atomic E-state index is 12.6. The Morgan fingerprint density at radius 1 is 1.20 bits per heavy atom. The second kappa shape index (κ2) is 10.6. The fourth-order valence-corrected chi connectivity index (χ4v) is 5.41. The lowest BCUT2D eigenvalue weighted by Gasteiger charge is -2.39. The summed E-state index contributed by atoms with van der Waals surface area (Å²) in [5, 5.41) is 7.20. The van der Waals surface area contributed by atoms with Crippen LogP contribution < -0.4 is 5.32 Å². The molecule has 1 N–H and O–H groups in total. The number of guanidine groups is 1. The Bertz CT molecular complexity index is 768. The lowest BCUT2D eigenvalue weighted by Crippen LogP contribution is -2.56. The molecule has 0 bridgehead atoms. The van der Waals surface area contributed by atoms with Crippen LogP contribution in [0.1, 0.15) is 19.5 Å². The maximum absolute atomic E-state index is 12.6. The van der Waals surface area contributed by atoms with Crippen LogP contribution in [0, 0.1) is 0 Å². The fraction of sp³-hybridized carbons (Fsp3) is 0.789. The highest BCUT2D eigenvalue weighted by Crippen LogP contribution is 2.13. The minimum absolute atomic E-state index is 0.126. The zero-order valence-electron chi connectivity index (χ0n) is 18.3. The normalized spacial score (nSPS) is 21.7. The largest absolute Gasteiger partial charge is 0.364 e. The van der Waals surface area contributed by atoms with Gasteiger partial charge < -0.3 is 19.6 Å². The second-order valence-electron chi connectivity index (χ2n) is 7.88. The molecule has 1 aromatic heterocycles. The van der Waals surface area contributed by atoms with Gasteiger partial charge in [-0.3, -0.25) is 9.89 Å². The molecular weight excluding hydrogens is 406 g/mol. The third-order valence-electron chi connectivity index (χ3n) is 6.00. The summed E-state index contributed by atoms with van der Waals surface area (Å²) >= 11 is 0.